The lowest BCUT2D eigenvalue weighted by Crippen LogP contribution is -2.10. The summed E-state index contributed by atoms with van der Waals surface area (Å²) in [5.74, 6) is 1.31. The number of halogens is 1. The number of nitrogens with zero attached hydrogens (tertiary/aromatic N) is 3. The molecular weight excluding hydrogens is 398 g/mol. The largest absolute Gasteiger partial charge is 0.299 e. The molecule has 2 heterocycles. The van der Waals surface area contributed by atoms with Crippen LogP contribution in [0.4, 0.5) is 0 Å². The Morgan fingerprint density at radius 2 is 2.00 bits per heavy atom. The van der Waals surface area contributed by atoms with Gasteiger partial charge in [-0.1, -0.05) is 48.3 Å². The molecule has 1 aromatic carbocycles. The predicted octanol–water partition coefficient (Wildman–Crippen LogP) is 6.06. The SMILES string of the molecule is Cc1ccc(C(=O)CSc2nnc(-c3ccccc3Cl)n2C2CCCC2)s1. The summed E-state index contributed by atoms with van der Waals surface area (Å²) in [6, 6.07) is 12.0. The van der Waals surface area contributed by atoms with E-state index in [2.05, 4.69) is 14.8 Å². The van der Waals surface area contributed by atoms with Gasteiger partial charge in [0.15, 0.2) is 16.8 Å². The highest BCUT2D eigenvalue weighted by Crippen LogP contribution is 2.38. The molecule has 0 radical (unpaired) electrons. The molecule has 3 aromatic rings. The van der Waals surface area contributed by atoms with E-state index in [1.165, 1.54) is 24.6 Å². The smallest absolute Gasteiger partial charge is 0.192 e. The van der Waals surface area contributed by atoms with Gasteiger partial charge in [0.1, 0.15) is 0 Å². The van der Waals surface area contributed by atoms with E-state index >= 15 is 0 Å². The van der Waals surface area contributed by atoms with Gasteiger partial charge in [0, 0.05) is 16.5 Å². The van der Waals surface area contributed by atoms with Crippen LogP contribution in [0.2, 0.25) is 5.02 Å². The van der Waals surface area contributed by atoms with Crippen LogP contribution in [0.1, 0.15) is 46.3 Å². The minimum Gasteiger partial charge on any atom is -0.299 e. The highest BCUT2D eigenvalue weighted by atomic mass is 35.5. The van der Waals surface area contributed by atoms with Gasteiger partial charge in [0.25, 0.3) is 0 Å². The lowest BCUT2D eigenvalue weighted by atomic mass is 10.2. The van der Waals surface area contributed by atoms with Crippen LogP contribution in [0, 0.1) is 6.92 Å². The number of aromatic nitrogens is 3. The zero-order chi connectivity index (χ0) is 18.8. The van der Waals surface area contributed by atoms with Gasteiger partial charge in [-0.25, -0.2) is 0 Å². The summed E-state index contributed by atoms with van der Waals surface area (Å²) in [6.07, 6.45) is 4.65. The summed E-state index contributed by atoms with van der Waals surface area (Å²) in [4.78, 5) is 14.5. The topological polar surface area (TPSA) is 47.8 Å². The van der Waals surface area contributed by atoms with E-state index in [0.29, 0.717) is 16.8 Å². The molecule has 0 N–H and O–H groups in total. The maximum Gasteiger partial charge on any atom is 0.192 e. The van der Waals surface area contributed by atoms with Crippen molar-refractivity contribution in [3.63, 3.8) is 0 Å². The van der Waals surface area contributed by atoms with Crippen LogP contribution in [-0.4, -0.2) is 26.3 Å². The van der Waals surface area contributed by atoms with Gasteiger partial charge >= 0.3 is 0 Å². The van der Waals surface area contributed by atoms with Crippen LogP contribution in [0.25, 0.3) is 11.4 Å². The van der Waals surface area contributed by atoms with Gasteiger partial charge in [-0.2, -0.15) is 0 Å². The number of Topliss-reactive ketones (excluding diaryl/α,β-unsaturated/α-hetero) is 1. The summed E-state index contributed by atoms with van der Waals surface area (Å²) in [6.45, 7) is 2.02. The molecule has 0 aliphatic heterocycles. The van der Waals surface area contributed by atoms with Gasteiger partial charge in [-0.05, 0) is 44.0 Å². The summed E-state index contributed by atoms with van der Waals surface area (Å²) in [5.41, 5.74) is 0.894. The second-order valence-electron chi connectivity index (χ2n) is 6.72. The Balaban J connectivity index is 1.62. The number of ketones is 1. The van der Waals surface area contributed by atoms with Crippen molar-refractivity contribution in [1.29, 1.82) is 0 Å². The Labute approximate surface area is 172 Å². The van der Waals surface area contributed by atoms with Crippen molar-refractivity contribution in [2.45, 2.75) is 43.8 Å². The Morgan fingerprint density at radius 3 is 2.70 bits per heavy atom. The molecule has 0 saturated heterocycles. The van der Waals surface area contributed by atoms with Crippen molar-refractivity contribution in [2.75, 3.05) is 5.75 Å². The predicted molar refractivity (Wildman–Crippen MR) is 112 cm³/mol. The zero-order valence-corrected chi connectivity index (χ0v) is 17.4. The summed E-state index contributed by atoms with van der Waals surface area (Å²) in [5, 5.41) is 10.3. The molecular formula is C20H20ClN3OS2. The van der Waals surface area contributed by atoms with Crippen LogP contribution in [0.15, 0.2) is 41.6 Å². The molecule has 1 saturated carbocycles. The van der Waals surface area contributed by atoms with E-state index in [9.17, 15) is 4.79 Å². The van der Waals surface area contributed by atoms with Crippen LogP contribution < -0.4 is 0 Å². The minimum absolute atomic E-state index is 0.137. The second kappa shape index (κ2) is 8.17. The number of rotatable bonds is 6. The fraction of sp³-hybridized carbons (Fsp3) is 0.350. The van der Waals surface area contributed by atoms with E-state index in [-0.39, 0.29) is 5.78 Å². The first kappa shape index (κ1) is 18.7. The third-order valence-corrected chi connectivity index (χ3v) is 7.13. The quantitative estimate of drug-likeness (QED) is 0.361. The Kier molecular flexibility index (Phi) is 5.66. The van der Waals surface area contributed by atoms with Crippen LogP contribution in [0.5, 0.6) is 0 Å². The lowest BCUT2D eigenvalue weighted by molar-refractivity contribution is 0.102. The molecule has 0 spiro atoms. The van der Waals surface area contributed by atoms with E-state index in [4.69, 9.17) is 11.6 Å². The van der Waals surface area contributed by atoms with Crippen molar-refractivity contribution in [3.8, 4) is 11.4 Å². The highest BCUT2D eigenvalue weighted by Gasteiger charge is 2.26. The summed E-state index contributed by atoms with van der Waals surface area (Å²) < 4.78 is 2.20. The summed E-state index contributed by atoms with van der Waals surface area (Å²) in [7, 11) is 0. The second-order valence-corrected chi connectivity index (χ2v) is 9.35. The molecule has 4 rings (SSSR count). The van der Waals surface area contributed by atoms with Crippen LogP contribution in [0.3, 0.4) is 0 Å². The molecule has 140 valence electrons. The van der Waals surface area contributed by atoms with Crippen molar-refractivity contribution in [3.05, 3.63) is 51.2 Å². The van der Waals surface area contributed by atoms with Gasteiger partial charge in [0.05, 0.1) is 15.7 Å². The molecule has 0 atom stereocenters. The van der Waals surface area contributed by atoms with Gasteiger partial charge in [0.2, 0.25) is 0 Å². The van der Waals surface area contributed by atoms with Crippen LogP contribution >= 0.6 is 34.7 Å². The van der Waals surface area contributed by atoms with Crippen LogP contribution in [-0.2, 0) is 0 Å². The Hall–Kier alpha value is -1.63. The molecule has 4 nitrogen and oxygen atoms in total. The Bertz CT molecular complexity index is 960. The monoisotopic (exact) mass is 417 g/mol. The number of thiophene rings is 1. The molecule has 1 aliphatic rings. The van der Waals surface area contributed by atoms with Crippen molar-refractivity contribution in [2.24, 2.45) is 0 Å². The Morgan fingerprint density at radius 1 is 1.22 bits per heavy atom. The van der Waals surface area contributed by atoms with Gasteiger partial charge in [-0.3, -0.25) is 9.36 Å². The first-order chi connectivity index (χ1) is 13.1. The molecule has 0 bridgehead atoms. The zero-order valence-electron chi connectivity index (χ0n) is 15.0. The number of hydrogen-bond acceptors (Lipinski definition) is 5. The highest BCUT2D eigenvalue weighted by molar-refractivity contribution is 7.99. The van der Waals surface area contributed by atoms with E-state index in [0.717, 1.165) is 39.1 Å². The molecule has 7 heteroatoms. The number of benzene rings is 1. The lowest BCUT2D eigenvalue weighted by Gasteiger charge is -2.17. The maximum absolute atomic E-state index is 12.5. The first-order valence-electron chi connectivity index (χ1n) is 9.05. The molecule has 27 heavy (non-hydrogen) atoms. The number of thioether (sulfide) groups is 1. The molecule has 2 aromatic heterocycles. The number of carbonyl (C=O) groups excluding carboxylic acids is 1. The molecule has 0 amide bonds. The molecule has 1 fully saturated rings. The number of carbonyl (C=O) groups is 1. The third kappa shape index (κ3) is 3.98. The minimum atomic E-state index is 0.137. The average Bonchev–Trinajstić information content (AvgIpc) is 3.40. The van der Waals surface area contributed by atoms with Gasteiger partial charge < -0.3 is 0 Å². The summed E-state index contributed by atoms with van der Waals surface area (Å²) >= 11 is 9.43. The normalized spacial score (nSPS) is 14.7. The first-order valence-corrected chi connectivity index (χ1v) is 11.2. The van der Waals surface area contributed by atoms with E-state index in [1.54, 1.807) is 11.3 Å². The van der Waals surface area contributed by atoms with Crippen molar-refractivity contribution < 1.29 is 4.79 Å². The third-order valence-electron chi connectivity index (χ3n) is 4.82. The van der Waals surface area contributed by atoms with Gasteiger partial charge in [-0.15, -0.1) is 21.5 Å². The van der Waals surface area contributed by atoms with Crippen molar-refractivity contribution >= 4 is 40.5 Å². The standard InChI is InChI=1S/C20H20ClN3OS2/c1-13-10-11-18(27-13)17(25)12-26-20-23-22-19(15-8-4-5-9-16(15)21)24(20)14-6-2-3-7-14/h4-5,8-11,14H,2-3,6-7,12H2,1H3. The van der Waals surface area contributed by atoms with E-state index < -0.39 is 0 Å². The maximum atomic E-state index is 12.5. The average molecular weight is 418 g/mol. The van der Waals surface area contributed by atoms with Crippen molar-refractivity contribution in [1.82, 2.24) is 14.8 Å². The molecule has 1 aliphatic carbocycles. The number of aryl methyl sites for hydroxylation is 1. The molecule has 0 unspecified atom stereocenters. The fourth-order valence-corrected chi connectivity index (χ4v) is 5.48. The fourth-order valence-electron chi connectivity index (χ4n) is 3.48. The van der Waals surface area contributed by atoms with E-state index in [1.807, 2.05) is 43.3 Å². The number of hydrogen-bond donors (Lipinski definition) is 0.